The van der Waals surface area contributed by atoms with Gasteiger partial charge in [0.1, 0.15) is 10.9 Å². The molecule has 1 heterocycles. The maximum Gasteiger partial charge on any atom is 0.416 e. The number of alkyl halides is 3. The van der Waals surface area contributed by atoms with Gasteiger partial charge in [-0.1, -0.05) is 17.4 Å². The molecule has 0 bridgehead atoms. The number of aromatic nitrogens is 1. The maximum atomic E-state index is 12.5. The molecule has 0 aliphatic rings. The minimum atomic E-state index is -4.48. The topological polar surface area (TPSA) is 77.8 Å². The lowest BCUT2D eigenvalue weighted by molar-refractivity contribution is -0.137. The zero-order chi connectivity index (χ0) is 15.5. The summed E-state index contributed by atoms with van der Waals surface area (Å²) in [6.45, 7) is 0. The van der Waals surface area contributed by atoms with Gasteiger partial charge in [-0.3, -0.25) is 5.32 Å². The van der Waals surface area contributed by atoms with E-state index in [1.807, 2.05) is 6.07 Å². The van der Waals surface area contributed by atoms with Crippen LogP contribution in [0.25, 0.3) is 0 Å². The van der Waals surface area contributed by atoms with Gasteiger partial charge in [0, 0.05) is 5.69 Å². The van der Waals surface area contributed by atoms with Gasteiger partial charge in [0.15, 0.2) is 5.13 Å². The summed E-state index contributed by atoms with van der Waals surface area (Å²) in [5.74, 6) is 0. The maximum absolute atomic E-state index is 12.5. The molecular weight excluding hydrogens is 305 g/mol. The normalized spacial score (nSPS) is 10.8. The van der Waals surface area contributed by atoms with Gasteiger partial charge < -0.3 is 5.32 Å². The van der Waals surface area contributed by atoms with Crippen molar-refractivity contribution < 1.29 is 18.0 Å². The van der Waals surface area contributed by atoms with Crippen molar-refractivity contribution in [1.82, 2.24) is 4.98 Å². The van der Waals surface area contributed by atoms with Crippen LogP contribution in [-0.4, -0.2) is 11.0 Å². The van der Waals surface area contributed by atoms with Crippen molar-refractivity contribution in [3.8, 4) is 6.07 Å². The molecule has 2 N–H and O–H groups in total. The van der Waals surface area contributed by atoms with Crippen LogP contribution in [0.4, 0.5) is 28.8 Å². The van der Waals surface area contributed by atoms with Gasteiger partial charge in [-0.05, 0) is 18.2 Å². The standard InChI is InChI=1S/C12H7F3N4OS/c13-12(14,15)7-2-1-3-8(4-7)18-10(20)19-11-17-6-9(5-16)21-11/h1-4,6H,(H2,17,18,19,20). The molecule has 2 aromatic rings. The van der Waals surface area contributed by atoms with Crippen molar-refractivity contribution in [2.75, 3.05) is 10.6 Å². The first-order valence-electron chi connectivity index (χ1n) is 5.49. The number of hydrogen-bond donors (Lipinski definition) is 2. The second-order valence-electron chi connectivity index (χ2n) is 3.80. The third-order valence-electron chi connectivity index (χ3n) is 2.28. The molecule has 0 radical (unpaired) electrons. The van der Waals surface area contributed by atoms with Crippen molar-refractivity contribution in [2.24, 2.45) is 0 Å². The lowest BCUT2D eigenvalue weighted by atomic mass is 10.2. The Hall–Kier alpha value is -2.60. The number of rotatable bonds is 2. The number of benzene rings is 1. The van der Waals surface area contributed by atoms with E-state index >= 15 is 0 Å². The number of anilines is 2. The Morgan fingerprint density at radius 2 is 2.10 bits per heavy atom. The van der Waals surface area contributed by atoms with Crippen LogP contribution in [0, 0.1) is 11.3 Å². The van der Waals surface area contributed by atoms with E-state index in [9.17, 15) is 18.0 Å². The van der Waals surface area contributed by atoms with Crippen LogP contribution in [0.2, 0.25) is 0 Å². The first kappa shape index (κ1) is 14.8. The van der Waals surface area contributed by atoms with Crippen molar-refractivity contribution in [3.05, 3.63) is 40.9 Å². The molecule has 9 heteroatoms. The molecule has 0 saturated carbocycles. The summed E-state index contributed by atoms with van der Waals surface area (Å²) in [5.41, 5.74) is -0.860. The summed E-state index contributed by atoms with van der Waals surface area (Å²) in [6.07, 6.45) is -3.20. The van der Waals surface area contributed by atoms with Gasteiger partial charge in [-0.25, -0.2) is 9.78 Å². The van der Waals surface area contributed by atoms with E-state index in [1.165, 1.54) is 18.3 Å². The zero-order valence-electron chi connectivity index (χ0n) is 10.2. The Morgan fingerprint density at radius 1 is 1.33 bits per heavy atom. The van der Waals surface area contributed by atoms with Gasteiger partial charge in [-0.2, -0.15) is 18.4 Å². The van der Waals surface area contributed by atoms with Gasteiger partial charge in [-0.15, -0.1) is 0 Å². The molecule has 108 valence electrons. The summed E-state index contributed by atoms with van der Waals surface area (Å²) in [7, 11) is 0. The fourth-order valence-corrected chi connectivity index (χ4v) is 2.02. The predicted octanol–water partition coefficient (Wildman–Crippen LogP) is 3.68. The lowest BCUT2D eigenvalue weighted by Crippen LogP contribution is -2.19. The summed E-state index contributed by atoms with van der Waals surface area (Å²) < 4.78 is 37.6. The number of carbonyl (C=O) groups excluding carboxylic acids is 1. The average Bonchev–Trinajstić information content (AvgIpc) is 2.85. The Labute approximate surface area is 121 Å². The van der Waals surface area contributed by atoms with Gasteiger partial charge in [0.25, 0.3) is 0 Å². The van der Waals surface area contributed by atoms with Crippen molar-refractivity contribution in [1.29, 1.82) is 5.26 Å². The molecule has 2 rings (SSSR count). The van der Waals surface area contributed by atoms with Crippen LogP contribution in [0.3, 0.4) is 0 Å². The molecule has 21 heavy (non-hydrogen) atoms. The Bertz CT molecular complexity index is 705. The monoisotopic (exact) mass is 312 g/mol. The number of nitrogens with one attached hydrogen (secondary N) is 2. The molecule has 5 nitrogen and oxygen atoms in total. The summed E-state index contributed by atoms with van der Waals surface area (Å²) in [4.78, 5) is 15.7. The largest absolute Gasteiger partial charge is 0.416 e. The minimum Gasteiger partial charge on any atom is -0.308 e. The second-order valence-corrected chi connectivity index (χ2v) is 4.83. The fourth-order valence-electron chi connectivity index (χ4n) is 1.42. The number of nitrogens with zero attached hydrogens (tertiary/aromatic N) is 2. The van der Waals surface area contributed by atoms with Gasteiger partial charge in [0.05, 0.1) is 11.8 Å². The quantitative estimate of drug-likeness (QED) is 0.888. The van der Waals surface area contributed by atoms with Crippen LogP contribution in [0.5, 0.6) is 0 Å². The molecule has 0 atom stereocenters. The highest BCUT2D eigenvalue weighted by atomic mass is 32.1. The number of nitriles is 1. The third-order valence-corrected chi connectivity index (χ3v) is 3.10. The molecular formula is C12H7F3N4OS. The van der Waals surface area contributed by atoms with Crippen LogP contribution in [-0.2, 0) is 6.18 Å². The zero-order valence-corrected chi connectivity index (χ0v) is 11.0. The van der Waals surface area contributed by atoms with Gasteiger partial charge >= 0.3 is 12.2 Å². The smallest absolute Gasteiger partial charge is 0.308 e. The van der Waals surface area contributed by atoms with Crippen molar-refractivity contribution in [2.45, 2.75) is 6.18 Å². The highest BCUT2D eigenvalue weighted by Crippen LogP contribution is 2.30. The summed E-state index contributed by atoms with van der Waals surface area (Å²) in [5, 5.41) is 13.4. The Balaban J connectivity index is 2.04. The fraction of sp³-hybridized carbons (Fsp3) is 0.0833. The van der Waals surface area contributed by atoms with Crippen LogP contribution in [0.1, 0.15) is 10.4 Å². The minimum absolute atomic E-state index is 0.000567. The molecule has 0 saturated heterocycles. The Morgan fingerprint density at radius 3 is 2.71 bits per heavy atom. The van der Waals surface area contributed by atoms with Crippen molar-refractivity contribution >= 4 is 28.2 Å². The predicted molar refractivity (Wildman–Crippen MR) is 70.9 cm³/mol. The van der Waals surface area contributed by atoms with E-state index < -0.39 is 17.8 Å². The van der Waals surface area contributed by atoms with E-state index in [-0.39, 0.29) is 10.8 Å². The number of thiazole rings is 1. The van der Waals surface area contributed by atoms with Crippen LogP contribution >= 0.6 is 11.3 Å². The molecule has 1 aromatic carbocycles. The van der Waals surface area contributed by atoms with Crippen molar-refractivity contribution in [3.63, 3.8) is 0 Å². The average molecular weight is 312 g/mol. The number of amides is 2. The van der Waals surface area contributed by atoms with E-state index in [0.29, 0.717) is 4.88 Å². The number of carbonyl (C=O) groups is 1. The van der Waals surface area contributed by atoms with E-state index in [2.05, 4.69) is 15.6 Å². The first-order valence-corrected chi connectivity index (χ1v) is 6.31. The molecule has 1 aromatic heterocycles. The van der Waals surface area contributed by atoms with Crippen LogP contribution in [0.15, 0.2) is 30.5 Å². The molecule has 0 spiro atoms. The van der Waals surface area contributed by atoms with Gasteiger partial charge in [0.2, 0.25) is 0 Å². The van der Waals surface area contributed by atoms with Crippen LogP contribution < -0.4 is 10.6 Å². The highest BCUT2D eigenvalue weighted by molar-refractivity contribution is 7.16. The number of hydrogen-bond acceptors (Lipinski definition) is 4. The summed E-state index contributed by atoms with van der Waals surface area (Å²) in [6, 6.07) is 5.36. The Kier molecular flexibility index (Phi) is 4.09. The molecule has 0 aliphatic carbocycles. The third kappa shape index (κ3) is 3.93. The summed E-state index contributed by atoms with van der Waals surface area (Å²) >= 11 is 0.955. The number of urea groups is 1. The van der Waals surface area contributed by atoms with E-state index in [0.717, 1.165) is 23.5 Å². The molecule has 2 amide bonds. The highest BCUT2D eigenvalue weighted by Gasteiger charge is 2.30. The molecule has 0 aliphatic heterocycles. The first-order chi connectivity index (χ1) is 9.88. The molecule has 0 unspecified atom stereocenters. The molecule has 0 fully saturated rings. The van der Waals surface area contributed by atoms with E-state index in [4.69, 9.17) is 5.26 Å². The second kappa shape index (κ2) is 5.80. The lowest BCUT2D eigenvalue weighted by Gasteiger charge is -2.09. The SMILES string of the molecule is N#Cc1cnc(NC(=O)Nc2cccc(C(F)(F)F)c2)s1. The number of halogens is 3. The van der Waals surface area contributed by atoms with E-state index in [1.54, 1.807) is 0 Å².